The zero-order valence-corrected chi connectivity index (χ0v) is 11.9. The van der Waals surface area contributed by atoms with Crippen LogP contribution < -0.4 is 11.1 Å². The van der Waals surface area contributed by atoms with Crippen LogP contribution >= 0.6 is 0 Å². The average Bonchev–Trinajstić information content (AvgIpc) is 2.75. The van der Waals surface area contributed by atoms with Gasteiger partial charge in [-0.2, -0.15) is 0 Å². The standard InChI is InChI=1S/C14H13N3O6/c15-14(22)16-10(18)7-23-11(19)5-6-17-12(20)8-3-1-2-4-9(8)13(17)21/h1-4H,5-7H2,(H3,15,16,18,22). The third-order valence-corrected chi connectivity index (χ3v) is 3.04. The highest BCUT2D eigenvalue weighted by Crippen LogP contribution is 2.22. The summed E-state index contributed by atoms with van der Waals surface area (Å²) in [7, 11) is 0. The van der Waals surface area contributed by atoms with Crippen molar-refractivity contribution in [3.05, 3.63) is 35.4 Å². The number of rotatable bonds is 5. The number of nitrogens with one attached hydrogen (secondary N) is 1. The molecule has 1 aromatic carbocycles. The van der Waals surface area contributed by atoms with Crippen LogP contribution in [0.25, 0.3) is 0 Å². The monoisotopic (exact) mass is 319 g/mol. The molecule has 1 aliphatic heterocycles. The zero-order valence-electron chi connectivity index (χ0n) is 11.9. The lowest BCUT2D eigenvalue weighted by Gasteiger charge is -2.13. The summed E-state index contributed by atoms with van der Waals surface area (Å²) in [6.45, 7) is -0.841. The lowest BCUT2D eigenvalue weighted by Crippen LogP contribution is -2.38. The minimum atomic E-state index is -1.06. The van der Waals surface area contributed by atoms with E-state index in [1.165, 1.54) is 12.1 Å². The van der Waals surface area contributed by atoms with Crippen molar-refractivity contribution in [3.63, 3.8) is 0 Å². The largest absolute Gasteiger partial charge is 0.456 e. The molecule has 0 aromatic heterocycles. The van der Waals surface area contributed by atoms with Gasteiger partial charge in [-0.1, -0.05) is 12.1 Å². The van der Waals surface area contributed by atoms with Crippen LogP contribution in [0.3, 0.4) is 0 Å². The highest BCUT2D eigenvalue weighted by molar-refractivity contribution is 6.21. The van der Waals surface area contributed by atoms with Crippen LogP contribution in [0.4, 0.5) is 4.79 Å². The third-order valence-electron chi connectivity index (χ3n) is 3.04. The van der Waals surface area contributed by atoms with Crippen molar-refractivity contribution in [1.82, 2.24) is 10.2 Å². The number of urea groups is 1. The molecule has 9 nitrogen and oxygen atoms in total. The molecule has 1 heterocycles. The van der Waals surface area contributed by atoms with Crippen LogP contribution in [0.1, 0.15) is 27.1 Å². The molecule has 23 heavy (non-hydrogen) atoms. The van der Waals surface area contributed by atoms with E-state index in [1.807, 2.05) is 0 Å². The van der Waals surface area contributed by atoms with Crippen LogP contribution in [0.15, 0.2) is 24.3 Å². The van der Waals surface area contributed by atoms with Gasteiger partial charge in [0.15, 0.2) is 6.61 Å². The smallest absolute Gasteiger partial charge is 0.318 e. The fourth-order valence-corrected chi connectivity index (χ4v) is 2.04. The minimum Gasteiger partial charge on any atom is -0.456 e. The van der Waals surface area contributed by atoms with Crippen molar-refractivity contribution in [3.8, 4) is 0 Å². The topological polar surface area (TPSA) is 136 Å². The van der Waals surface area contributed by atoms with Crippen molar-refractivity contribution >= 4 is 29.7 Å². The number of nitrogens with two attached hydrogens (primary N) is 1. The Hall–Kier alpha value is -3.23. The van der Waals surface area contributed by atoms with E-state index in [1.54, 1.807) is 17.4 Å². The van der Waals surface area contributed by atoms with E-state index >= 15 is 0 Å². The molecule has 0 radical (unpaired) electrons. The summed E-state index contributed by atoms with van der Waals surface area (Å²) >= 11 is 0. The molecular formula is C14H13N3O6. The van der Waals surface area contributed by atoms with Crippen molar-refractivity contribution in [2.24, 2.45) is 5.73 Å². The van der Waals surface area contributed by atoms with Gasteiger partial charge < -0.3 is 10.5 Å². The van der Waals surface area contributed by atoms with E-state index in [-0.39, 0.29) is 24.1 Å². The van der Waals surface area contributed by atoms with Gasteiger partial charge in [-0.15, -0.1) is 0 Å². The summed E-state index contributed by atoms with van der Waals surface area (Å²) in [5.41, 5.74) is 5.29. The van der Waals surface area contributed by atoms with Crippen LogP contribution in [0, 0.1) is 0 Å². The predicted octanol–water partition coefficient (Wildman–Crippen LogP) is -0.589. The molecule has 0 saturated carbocycles. The molecule has 9 heteroatoms. The Balaban J connectivity index is 1.84. The van der Waals surface area contributed by atoms with Gasteiger partial charge in [-0.05, 0) is 12.1 Å². The Bertz CT molecular complexity index is 665. The maximum absolute atomic E-state index is 12.0. The first-order valence-electron chi connectivity index (χ1n) is 6.60. The second-order valence-electron chi connectivity index (χ2n) is 4.63. The molecule has 0 aliphatic carbocycles. The molecule has 120 valence electrons. The molecule has 3 N–H and O–H groups in total. The van der Waals surface area contributed by atoms with Gasteiger partial charge in [0.05, 0.1) is 17.5 Å². The van der Waals surface area contributed by atoms with E-state index < -0.39 is 36.3 Å². The number of carbonyl (C=O) groups excluding carboxylic acids is 5. The Morgan fingerprint density at radius 1 is 1.09 bits per heavy atom. The molecule has 1 aromatic rings. The van der Waals surface area contributed by atoms with Crippen LogP contribution in [-0.4, -0.2) is 47.8 Å². The zero-order chi connectivity index (χ0) is 17.0. The first kappa shape index (κ1) is 16.1. The van der Waals surface area contributed by atoms with Crippen LogP contribution in [0.2, 0.25) is 0 Å². The normalized spacial score (nSPS) is 12.8. The number of hydrogen-bond acceptors (Lipinski definition) is 6. The fraction of sp³-hybridized carbons (Fsp3) is 0.214. The summed E-state index contributed by atoms with van der Waals surface area (Å²) < 4.78 is 4.60. The highest BCUT2D eigenvalue weighted by atomic mass is 16.5. The molecule has 2 rings (SSSR count). The van der Waals surface area contributed by atoms with Gasteiger partial charge >= 0.3 is 12.0 Å². The number of hydrogen-bond donors (Lipinski definition) is 2. The van der Waals surface area contributed by atoms with E-state index in [0.29, 0.717) is 0 Å². The molecule has 0 unspecified atom stereocenters. The van der Waals surface area contributed by atoms with Crippen LogP contribution in [0.5, 0.6) is 0 Å². The second kappa shape index (κ2) is 6.69. The number of amides is 5. The van der Waals surface area contributed by atoms with Gasteiger partial charge in [-0.3, -0.25) is 29.4 Å². The summed E-state index contributed by atoms with van der Waals surface area (Å²) in [5, 5.41) is 1.73. The lowest BCUT2D eigenvalue weighted by molar-refractivity contribution is -0.148. The maximum atomic E-state index is 12.0. The first-order valence-corrected chi connectivity index (χ1v) is 6.60. The summed E-state index contributed by atoms with van der Waals surface area (Å²) in [6.07, 6.45) is -0.269. The Kier molecular flexibility index (Phi) is 4.69. The summed E-state index contributed by atoms with van der Waals surface area (Å²) in [4.78, 5) is 58.0. The number of ether oxygens (including phenoxy) is 1. The van der Waals surface area contributed by atoms with Crippen molar-refractivity contribution in [2.45, 2.75) is 6.42 Å². The number of carbonyl (C=O) groups is 5. The Labute approximate surface area is 130 Å². The molecule has 1 aliphatic rings. The van der Waals surface area contributed by atoms with Gasteiger partial charge in [0.1, 0.15) is 0 Å². The third kappa shape index (κ3) is 3.70. The van der Waals surface area contributed by atoms with Crippen molar-refractivity contribution in [2.75, 3.05) is 13.2 Å². The summed E-state index contributed by atoms with van der Waals surface area (Å²) in [6, 6.07) is 5.28. The van der Waals surface area contributed by atoms with Gasteiger partial charge in [0.2, 0.25) is 0 Å². The van der Waals surface area contributed by atoms with E-state index in [4.69, 9.17) is 5.73 Å². The van der Waals surface area contributed by atoms with Crippen LogP contribution in [-0.2, 0) is 14.3 Å². The predicted molar refractivity (Wildman–Crippen MR) is 75.1 cm³/mol. The fourth-order valence-electron chi connectivity index (χ4n) is 2.04. The molecule has 0 bridgehead atoms. The molecule has 0 spiro atoms. The first-order chi connectivity index (χ1) is 10.9. The molecule has 0 saturated heterocycles. The summed E-state index contributed by atoms with van der Waals surface area (Å²) in [5.74, 6) is -2.62. The van der Waals surface area contributed by atoms with Gasteiger partial charge in [-0.25, -0.2) is 4.79 Å². The second-order valence-corrected chi connectivity index (χ2v) is 4.63. The van der Waals surface area contributed by atoms with E-state index in [9.17, 15) is 24.0 Å². The average molecular weight is 319 g/mol. The molecule has 5 amide bonds. The Morgan fingerprint density at radius 3 is 2.17 bits per heavy atom. The number of fused-ring (bicyclic) bond motifs is 1. The number of imide groups is 2. The lowest BCUT2D eigenvalue weighted by atomic mass is 10.1. The SMILES string of the molecule is NC(=O)NC(=O)COC(=O)CCN1C(=O)c2ccccc2C1=O. The quantitative estimate of drug-likeness (QED) is 0.550. The Morgan fingerprint density at radius 2 is 1.65 bits per heavy atom. The number of primary amides is 1. The van der Waals surface area contributed by atoms with Gasteiger partial charge in [0, 0.05) is 6.54 Å². The van der Waals surface area contributed by atoms with E-state index in [2.05, 4.69) is 4.74 Å². The highest BCUT2D eigenvalue weighted by Gasteiger charge is 2.35. The maximum Gasteiger partial charge on any atom is 0.318 e. The van der Waals surface area contributed by atoms with Crippen molar-refractivity contribution in [1.29, 1.82) is 0 Å². The molecule has 0 atom stereocenters. The van der Waals surface area contributed by atoms with Gasteiger partial charge in [0.25, 0.3) is 17.7 Å². The number of nitrogens with zero attached hydrogens (tertiary/aromatic N) is 1. The molecule has 0 fully saturated rings. The van der Waals surface area contributed by atoms with Crippen molar-refractivity contribution < 1.29 is 28.7 Å². The minimum absolute atomic E-state index is 0.164. The number of benzene rings is 1. The van der Waals surface area contributed by atoms with E-state index in [0.717, 1.165) is 4.90 Å². The number of esters is 1. The molecular weight excluding hydrogens is 306 g/mol.